The number of benzene rings is 2. The molecule has 0 bridgehead atoms. The lowest BCUT2D eigenvalue weighted by Crippen LogP contribution is -2.29. The van der Waals surface area contributed by atoms with Crippen LogP contribution in [0.3, 0.4) is 0 Å². The lowest BCUT2D eigenvalue weighted by molar-refractivity contribution is 0.00975. The van der Waals surface area contributed by atoms with Crippen molar-refractivity contribution in [2.24, 2.45) is 0 Å². The van der Waals surface area contributed by atoms with Crippen molar-refractivity contribution in [2.75, 3.05) is 6.61 Å². The molecule has 0 fully saturated rings. The zero-order chi connectivity index (χ0) is 14.6. The highest BCUT2D eigenvalue weighted by Gasteiger charge is 2.27. The van der Waals surface area contributed by atoms with Gasteiger partial charge in [-0.2, -0.15) is 8.42 Å². The maximum absolute atomic E-state index is 12.0. The molecule has 1 atom stereocenters. The highest BCUT2D eigenvalue weighted by molar-refractivity contribution is 7.86. The molecule has 2 rings (SSSR count). The highest BCUT2D eigenvalue weighted by Crippen LogP contribution is 2.22. The van der Waals surface area contributed by atoms with Crippen LogP contribution in [0.1, 0.15) is 12.5 Å². The Morgan fingerprint density at radius 1 is 1.00 bits per heavy atom. The molecule has 106 valence electrons. The Morgan fingerprint density at radius 2 is 1.50 bits per heavy atom. The summed E-state index contributed by atoms with van der Waals surface area (Å²) in [6.45, 7) is 1.18. The van der Waals surface area contributed by atoms with Crippen LogP contribution in [-0.4, -0.2) is 20.1 Å². The van der Waals surface area contributed by atoms with E-state index in [-0.39, 0.29) is 11.5 Å². The minimum Gasteiger partial charge on any atom is -0.383 e. The Balaban J connectivity index is 2.12. The van der Waals surface area contributed by atoms with E-state index in [1.165, 1.54) is 19.1 Å². The molecule has 4 nitrogen and oxygen atoms in total. The van der Waals surface area contributed by atoms with Crippen LogP contribution in [0.5, 0.6) is 0 Å². The normalized spacial score (nSPS) is 14.7. The van der Waals surface area contributed by atoms with Gasteiger partial charge < -0.3 is 5.11 Å². The largest absolute Gasteiger partial charge is 0.383 e. The second kappa shape index (κ2) is 5.75. The number of hydrogen-bond acceptors (Lipinski definition) is 4. The molecule has 0 radical (unpaired) electrons. The van der Waals surface area contributed by atoms with E-state index in [1.54, 1.807) is 42.5 Å². The van der Waals surface area contributed by atoms with Crippen LogP contribution in [0.2, 0.25) is 0 Å². The fourth-order valence-electron chi connectivity index (χ4n) is 1.73. The van der Waals surface area contributed by atoms with Crippen LogP contribution < -0.4 is 0 Å². The smallest absolute Gasteiger partial charge is 0.297 e. The van der Waals surface area contributed by atoms with Crippen LogP contribution in [0.4, 0.5) is 0 Å². The van der Waals surface area contributed by atoms with Gasteiger partial charge in [0.05, 0.1) is 11.5 Å². The second-order valence-electron chi connectivity index (χ2n) is 4.67. The van der Waals surface area contributed by atoms with Crippen molar-refractivity contribution < 1.29 is 17.7 Å². The molecule has 0 unspecified atom stereocenters. The lowest BCUT2D eigenvalue weighted by Gasteiger charge is -2.23. The standard InChI is InChI=1S/C15H16O4S/c1-15(16,13-8-4-2-5-9-13)12-19-20(17,18)14-10-6-3-7-11-14/h2-11,16H,12H2,1H3/t15-/m1/s1. The van der Waals surface area contributed by atoms with Gasteiger partial charge in [-0.25, -0.2) is 0 Å². The fraction of sp³-hybridized carbons (Fsp3) is 0.200. The van der Waals surface area contributed by atoms with Crippen LogP contribution in [-0.2, 0) is 19.9 Å². The molecule has 0 saturated carbocycles. The summed E-state index contributed by atoms with van der Waals surface area (Å²) in [5, 5.41) is 10.3. The van der Waals surface area contributed by atoms with Crippen LogP contribution in [0, 0.1) is 0 Å². The first-order valence-corrected chi connectivity index (χ1v) is 7.55. The molecule has 0 aromatic heterocycles. The van der Waals surface area contributed by atoms with E-state index < -0.39 is 15.7 Å². The summed E-state index contributed by atoms with van der Waals surface area (Å²) in [6, 6.07) is 16.7. The molecule has 2 aromatic carbocycles. The summed E-state index contributed by atoms with van der Waals surface area (Å²) in [7, 11) is -3.86. The SMILES string of the molecule is C[C@@](O)(COS(=O)(=O)c1ccccc1)c1ccccc1. The molecule has 0 saturated heterocycles. The molecule has 5 heteroatoms. The van der Waals surface area contributed by atoms with Gasteiger partial charge in [0.1, 0.15) is 5.60 Å². The minimum atomic E-state index is -3.86. The third kappa shape index (κ3) is 3.45. The van der Waals surface area contributed by atoms with E-state index in [9.17, 15) is 13.5 Å². The maximum Gasteiger partial charge on any atom is 0.297 e. The summed E-state index contributed by atoms with van der Waals surface area (Å²) >= 11 is 0. The molecule has 0 amide bonds. The summed E-state index contributed by atoms with van der Waals surface area (Å²) < 4.78 is 28.9. The van der Waals surface area contributed by atoms with E-state index in [0.29, 0.717) is 5.56 Å². The van der Waals surface area contributed by atoms with Crippen molar-refractivity contribution in [2.45, 2.75) is 17.4 Å². The molecular formula is C15H16O4S. The summed E-state index contributed by atoms with van der Waals surface area (Å²) in [5.41, 5.74) is -0.772. The Kier molecular flexibility index (Phi) is 4.23. The average Bonchev–Trinajstić information content (AvgIpc) is 2.47. The van der Waals surface area contributed by atoms with Gasteiger partial charge in [-0.3, -0.25) is 4.18 Å². The number of hydrogen-bond donors (Lipinski definition) is 1. The van der Waals surface area contributed by atoms with Crippen LogP contribution in [0.25, 0.3) is 0 Å². The maximum atomic E-state index is 12.0. The predicted molar refractivity (Wildman–Crippen MR) is 75.6 cm³/mol. The Bertz CT molecular complexity index is 649. The zero-order valence-electron chi connectivity index (χ0n) is 11.1. The average molecular weight is 292 g/mol. The van der Waals surface area contributed by atoms with Gasteiger partial charge in [-0.05, 0) is 24.6 Å². The minimum absolute atomic E-state index is 0.0730. The first kappa shape index (κ1) is 14.7. The van der Waals surface area contributed by atoms with Gasteiger partial charge in [0, 0.05) is 0 Å². The van der Waals surface area contributed by atoms with Gasteiger partial charge in [0.15, 0.2) is 0 Å². The quantitative estimate of drug-likeness (QED) is 0.859. The van der Waals surface area contributed by atoms with Gasteiger partial charge >= 0.3 is 0 Å². The molecule has 0 aliphatic heterocycles. The Morgan fingerprint density at radius 3 is 2.05 bits per heavy atom. The molecule has 0 aliphatic carbocycles. The Hall–Kier alpha value is -1.69. The lowest BCUT2D eigenvalue weighted by atomic mass is 9.97. The topological polar surface area (TPSA) is 63.6 Å². The Labute approximate surface area is 118 Å². The first-order valence-electron chi connectivity index (χ1n) is 6.14. The third-order valence-corrected chi connectivity index (χ3v) is 4.20. The van der Waals surface area contributed by atoms with Gasteiger partial charge in [-0.1, -0.05) is 48.5 Å². The van der Waals surface area contributed by atoms with Crippen molar-refractivity contribution in [1.82, 2.24) is 0 Å². The third-order valence-electron chi connectivity index (χ3n) is 2.92. The number of rotatable bonds is 5. The molecule has 2 aromatic rings. The monoisotopic (exact) mass is 292 g/mol. The molecule has 0 heterocycles. The van der Waals surface area contributed by atoms with E-state index in [0.717, 1.165) is 0 Å². The second-order valence-corrected chi connectivity index (χ2v) is 6.28. The van der Waals surface area contributed by atoms with E-state index in [2.05, 4.69) is 0 Å². The van der Waals surface area contributed by atoms with E-state index in [4.69, 9.17) is 4.18 Å². The summed E-state index contributed by atoms with van der Waals surface area (Å²) in [5.74, 6) is 0. The van der Waals surface area contributed by atoms with Crippen molar-refractivity contribution in [3.63, 3.8) is 0 Å². The highest BCUT2D eigenvalue weighted by atomic mass is 32.2. The van der Waals surface area contributed by atoms with Gasteiger partial charge in [0.25, 0.3) is 10.1 Å². The molecule has 0 aliphatic rings. The van der Waals surface area contributed by atoms with Crippen molar-refractivity contribution in [3.05, 3.63) is 66.2 Å². The molecule has 20 heavy (non-hydrogen) atoms. The predicted octanol–water partition coefficient (Wildman–Crippen LogP) is 2.30. The summed E-state index contributed by atoms with van der Waals surface area (Å²) in [6.07, 6.45) is 0. The fourth-order valence-corrected chi connectivity index (χ4v) is 2.74. The molecule has 1 N–H and O–H groups in total. The number of aliphatic hydroxyl groups is 1. The first-order chi connectivity index (χ1) is 9.42. The van der Waals surface area contributed by atoms with Crippen molar-refractivity contribution in [3.8, 4) is 0 Å². The molecular weight excluding hydrogens is 276 g/mol. The van der Waals surface area contributed by atoms with Crippen LogP contribution in [0.15, 0.2) is 65.6 Å². The van der Waals surface area contributed by atoms with Crippen molar-refractivity contribution in [1.29, 1.82) is 0 Å². The summed E-state index contributed by atoms with van der Waals surface area (Å²) in [4.78, 5) is 0.0730. The van der Waals surface area contributed by atoms with Gasteiger partial charge in [0.2, 0.25) is 0 Å². The van der Waals surface area contributed by atoms with Gasteiger partial charge in [-0.15, -0.1) is 0 Å². The van der Waals surface area contributed by atoms with E-state index >= 15 is 0 Å². The molecule has 0 spiro atoms. The van der Waals surface area contributed by atoms with Crippen molar-refractivity contribution >= 4 is 10.1 Å². The zero-order valence-corrected chi connectivity index (χ0v) is 11.9. The van der Waals surface area contributed by atoms with E-state index in [1.807, 2.05) is 6.07 Å². The van der Waals surface area contributed by atoms with Crippen LogP contribution >= 0.6 is 0 Å².